The van der Waals surface area contributed by atoms with Crippen LogP contribution in [0.5, 0.6) is 0 Å². The second-order valence-corrected chi connectivity index (χ2v) is 14.1. The lowest BCUT2D eigenvalue weighted by Gasteiger charge is -2.29. The number of hydrogen-bond acceptors (Lipinski definition) is 13. The van der Waals surface area contributed by atoms with Gasteiger partial charge in [0, 0.05) is 32.1 Å². The van der Waals surface area contributed by atoms with Gasteiger partial charge in [0.05, 0.1) is 44.5 Å². The molecule has 22 nitrogen and oxygen atoms in total. The molecule has 8 amide bonds. The van der Waals surface area contributed by atoms with E-state index >= 15 is 0 Å². The van der Waals surface area contributed by atoms with Gasteiger partial charge in [0.1, 0.15) is 30.2 Å². The zero-order valence-electron chi connectivity index (χ0n) is 32.7. The molecule has 0 radical (unpaired) electrons. The Kier molecular flexibility index (Phi) is 21.2. The summed E-state index contributed by atoms with van der Waals surface area (Å²) in [4.78, 5) is 112. The van der Waals surface area contributed by atoms with Crippen molar-refractivity contribution in [3.05, 3.63) is 18.2 Å². The van der Waals surface area contributed by atoms with Gasteiger partial charge in [0.2, 0.25) is 35.4 Å². The molecule has 6 atom stereocenters. The second kappa shape index (κ2) is 25.1. The number of nitrogens with two attached hydrogens (primary N) is 2. The summed E-state index contributed by atoms with van der Waals surface area (Å²) in [5.41, 5.74) is 11.3. The van der Waals surface area contributed by atoms with Crippen molar-refractivity contribution in [1.82, 2.24) is 46.8 Å². The molecule has 320 valence electrons. The summed E-state index contributed by atoms with van der Waals surface area (Å²) in [6, 6.07) is -8.55. The first-order chi connectivity index (χ1) is 27.1. The number of nitrogens with zero attached hydrogens (tertiary/aromatic N) is 2. The third kappa shape index (κ3) is 17.2. The normalized spacial score (nSPS) is 15.9. The Balaban J connectivity index is 2.17. The maximum absolute atomic E-state index is 13.6. The van der Waals surface area contributed by atoms with Crippen LogP contribution in [0.4, 0.5) is 4.79 Å². The van der Waals surface area contributed by atoms with Gasteiger partial charge in [-0.05, 0) is 51.5 Å². The van der Waals surface area contributed by atoms with Gasteiger partial charge in [-0.3, -0.25) is 33.6 Å². The van der Waals surface area contributed by atoms with Crippen molar-refractivity contribution >= 4 is 47.3 Å². The van der Waals surface area contributed by atoms with Gasteiger partial charge in [-0.2, -0.15) is 0 Å². The van der Waals surface area contributed by atoms with Crippen molar-refractivity contribution in [2.45, 2.75) is 102 Å². The number of ketones is 1. The van der Waals surface area contributed by atoms with E-state index in [2.05, 4.69) is 41.9 Å². The summed E-state index contributed by atoms with van der Waals surface area (Å²) in [6.07, 6.45) is 3.66. The largest absolute Gasteiger partial charge is 0.394 e. The number of aliphatic hydroxyl groups excluding tert-OH is 2. The van der Waals surface area contributed by atoms with Crippen LogP contribution >= 0.6 is 0 Å². The molecule has 0 aromatic carbocycles. The minimum Gasteiger partial charge on any atom is -0.394 e. The molecule has 1 aromatic rings. The van der Waals surface area contributed by atoms with Gasteiger partial charge in [-0.15, -0.1) is 0 Å². The highest BCUT2D eigenvalue weighted by Gasteiger charge is 2.34. The molecule has 2 heterocycles. The number of primary amides is 1. The van der Waals surface area contributed by atoms with Gasteiger partial charge in [-0.1, -0.05) is 13.8 Å². The second-order valence-electron chi connectivity index (χ2n) is 14.1. The summed E-state index contributed by atoms with van der Waals surface area (Å²) in [7, 11) is 0. The van der Waals surface area contributed by atoms with Gasteiger partial charge in [0.25, 0.3) is 0 Å². The third-order valence-electron chi connectivity index (χ3n) is 8.92. The van der Waals surface area contributed by atoms with E-state index in [1.165, 1.54) is 24.3 Å². The molecule has 0 saturated carbocycles. The Labute approximate surface area is 330 Å². The average molecular weight is 810 g/mol. The molecule has 2 rings (SSSR count). The molecule has 2 unspecified atom stereocenters. The number of aromatic nitrogens is 2. The number of amides is 8. The molecule has 1 aromatic heterocycles. The van der Waals surface area contributed by atoms with Crippen LogP contribution in [-0.2, 0) is 44.7 Å². The predicted molar refractivity (Wildman–Crippen MR) is 202 cm³/mol. The Bertz CT molecular complexity index is 1490. The van der Waals surface area contributed by atoms with E-state index in [1.54, 1.807) is 13.8 Å². The fourth-order valence-corrected chi connectivity index (χ4v) is 5.71. The molecule has 1 aliphatic heterocycles. The van der Waals surface area contributed by atoms with E-state index in [4.69, 9.17) is 16.2 Å². The number of aliphatic hydroxyl groups is 2. The quantitative estimate of drug-likeness (QED) is 0.0418. The van der Waals surface area contributed by atoms with E-state index in [0.717, 1.165) is 0 Å². The zero-order valence-corrected chi connectivity index (χ0v) is 32.7. The first-order valence-electron chi connectivity index (χ1n) is 18.9. The number of hydrogen-bond donors (Lipinski definition) is 11. The van der Waals surface area contributed by atoms with Crippen LogP contribution in [0.15, 0.2) is 12.5 Å². The van der Waals surface area contributed by atoms with E-state index in [-0.39, 0.29) is 44.6 Å². The van der Waals surface area contributed by atoms with Gasteiger partial charge in [-0.25, -0.2) is 9.78 Å². The topological polar surface area (TPSA) is 342 Å². The highest BCUT2D eigenvalue weighted by atomic mass is 16.5. The molecule has 1 fully saturated rings. The number of urea groups is 1. The number of carbonyl (C=O) groups is 8. The molecule has 0 spiro atoms. The van der Waals surface area contributed by atoms with E-state index in [9.17, 15) is 48.6 Å². The monoisotopic (exact) mass is 809 g/mol. The molecule has 1 saturated heterocycles. The minimum atomic E-state index is -1.66. The first kappa shape index (κ1) is 48.0. The number of ether oxygens (including phenoxy) is 1. The molecular weight excluding hydrogens is 750 g/mol. The highest BCUT2D eigenvalue weighted by molar-refractivity contribution is 5.97. The summed E-state index contributed by atoms with van der Waals surface area (Å²) >= 11 is 0. The fourth-order valence-electron chi connectivity index (χ4n) is 5.71. The number of nitrogens with one attached hydrogen (secondary N) is 7. The van der Waals surface area contributed by atoms with E-state index in [1.807, 2.05) is 0 Å². The van der Waals surface area contributed by atoms with Crippen molar-refractivity contribution in [2.75, 3.05) is 46.1 Å². The van der Waals surface area contributed by atoms with Crippen LogP contribution in [0.3, 0.4) is 0 Å². The van der Waals surface area contributed by atoms with Crippen LogP contribution in [0.1, 0.15) is 65.0 Å². The van der Waals surface area contributed by atoms with Crippen LogP contribution in [0.25, 0.3) is 0 Å². The lowest BCUT2D eigenvalue weighted by molar-refractivity contribution is -0.136. The average Bonchev–Trinajstić information content (AvgIpc) is 3.69. The molecule has 13 N–H and O–H groups in total. The van der Waals surface area contributed by atoms with Crippen LogP contribution in [0, 0.1) is 5.92 Å². The molecule has 57 heavy (non-hydrogen) atoms. The predicted octanol–water partition coefficient (Wildman–Crippen LogP) is -4.20. The number of aromatic amines is 1. The minimum absolute atomic E-state index is 0.0389. The van der Waals surface area contributed by atoms with Crippen LogP contribution in [-0.4, -0.2) is 155 Å². The van der Waals surface area contributed by atoms with Gasteiger partial charge in [0.15, 0.2) is 5.78 Å². The van der Waals surface area contributed by atoms with Crippen LogP contribution in [0.2, 0.25) is 0 Å². The van der Waals surface area contributed by atoms with Crippen LogP contribution < -0.4 is 43.4 Å². The number of Topliss-reactive ketones (excluding diaryl/α,β-unsaturated/α-hetero) is 1. The Hall–Kier alpha value is -5.19. The summed E-state index contributed by atoms with van der Waals surface area (Å²) in [5, 5.41) is 35.1. The lowest BCUT2D eigenvalue weighted by Crippen LogP contribution is -2.61. The van der Waals surface area contributed by atoms with Crippen molar-refractivity contribution < 1.29 is 53.3 Å². The van der Waals surface area contributed by atoms with Crippen molar-refractivity contribution in [1.29, 1.82) is 0 Å². The van der Waals surface area contributed by atoms with Crippen molar-refractivity contribution in [3.63, 3.8) is 0 Å². The molecule has 0 aliphatic carbocycles. The SMILES string of the molecule is CC(=O)[C@@H](CCC(N)=O)NC(=O)[C@@H](CC(C)C)NC(=O)C(CCCCN)NC(=O)[C@@H](CO)NC(=O)C(CO)NC(=O)[C@@H](Cc1c[nH]cn1)NC(=O)N1CCOCC1. The Morgan fingerprint density at radius 2 is 1.30 bits per heavy atom. The van der Waals surface area contributed by atoms with Gasteiger partial charge < -0.3 is 68.2 Å². The number of carbonyl (C=O) groups excluding carboxylic acids is 8. The number of morpholine rings is 1. The smallest absolute Gasteiger partial charge is 0.318 e. The van der Waals surface area contributed by atoms with E-state index in [0.29, 0.717) is 44.8 Å². The molecule has 0 bridgehead atoms. The Morgan fingerprint density at radius 1 is 0.772 bits per heavy atom. The van der Waals surface area contributed by atoms with Gasteiger partial charge >= 0.3 is 6.03 Å². The molecule has 1 aliphatic rings. The third-order valence-corrected chi connectivity index (χ3v) is 8.92. The standard InChI is InChI=1S/C35H59N11O11/c1-20(2)14-25(31(52)40-23(21(3)49)7-8-29(37)50)42-30(51)24(6-4-5-9-36)41-33(54)27(17-47)44-34(55)28(18-48)43-32(53)26(15-22-16-38-19-39-22)45-35(56)46-10-12-57-13-11-46/h16,19-20,23-28,47-48H,4-15,17-18,36H2,1-3H3,(H2,37,50)(H,38,39)(H,40,52)(H,41,54)(H,42,51)(H,43,53)(H,44,55)(H,45,56)/t23-,24?,25-,26-,27-,28?/m1/s1. The fraction of sp³-hybridized carbons (Fsp3) is 0.686. The number of unbranched alkanes of at least 4 members (excludes halogenated alkanes) is 1. The number of imidazole rings is 1. The number of rotatable bonds is 25. The first-order valence-corrected chi connectivity index (χ1v) is 18.9. The summed E-state index contributed by atoms with van der Waals surface area (Å²) in [6.45, 7) is 4.46. The van der Waals surface area contributed by atoms with Crippen molar-refractivity contribution in [2.24, 2.45) is 17.4 Å². The Morgan fingerprint density at radius 3 is 1.81 bits per heavy atom. The van der Waals surface area contributed by atoms with E-state index < -0.39 is 96.7 Å². The zero-order chi connectivity index (χ0) is 42.5. The molecule has 22 heteroatoms. The molecular formula is C35H59N11O11. The highest BCUT2D eigenvalue weighted by Crippen LogP contribution is 2.10. The summed E-state index contributed by atoms with van der Waals surface area (Å²) in [5.74, 6) is -5.57. The van der Waals surface area contributed by atoms with Crippen molar-refractivity contribution in [3.8, 4) is 0 Å². The lowest BCUT2D eigenvalue weighted by atomic mass is 10.00. The number of H-pyrrole nitrogens is 1. The maximum atomic E-state index is 13.6. The summed E-state index contributed by atoms with van der Waals surface area (Å²) < 4.78 is 5.27. The maximum Gasteiger partial charge on any atom is 0.318 e.